The van der Waals surface area contributed by atoms with Gasteiger partial charge in [0, 0.05) is 6.04 Å². The smallest absolute Gasteiger partial charge is 0.416 e. The van der Waals surface area contributed by atoms with Crippen molar-refractivity contribution in [1.29, 1.82) is 0 Å². The fourth-order valence-corrected chi connectivity index (χ4v) is 1.56. The van der Waals surface area contributed by atoms with Crippen molar-refractivity contribution in [2.24, 2.45) is 5.73 Å². The van der Waals surface area contributed by atoms with E-state index in [1.54, 1.807) is 22.9 Å². The second kappa shape index (κ2) is 6.23. The van der Waals surface area contributed by atoms with Gasteiger partial charge in [-0.15, -0.1) is 0 Å². The van der Waals surface area contributed by atoms with Gasteiger partial charge in [0.05, 0.1) is 22.9 Å². The zero-order chi connectivity index (χ0) is 10.4. The van der Waals surface area contributed by atoms with E-state index in [2.05, 4.69) is 3.53 Å². The van der Waals surface area contributed by atoms with Crippen molar-refractivity contribution >= 4 is 29.0 Å². The van der Waals surface area contributed by atoms with Gasteiger partial charge in [0.1, 0.15) is 6.10 Å². The summed E-state index contributed by atoms with van der Waals surface area (Å²) in [5, 5.41) is 0. The second-order valence-corrected chi connectivity index (χ2v) is 3.92. The number of rotatable bonds is 1. The molecule has 0 saturated carbocycles. The highest BCUT2D eigenvalue weighted by Crippen LogP contribution is 2.13. The van der Waals surface area contributed by atoms with Crippen molar-refractivity contribution < 1.29 is 9.53 Å². The van der Waals surface area contributed by atoms with Crippen LogP contribution in [0.15, 0.2) is 12.2 Å². The lowest BCUT2D eigenvalue weighted by Crippen LogP contribution is -2.26. The van der Waals surface area contributed by atoms with Crippen molar-refractivity contribution in [3.63, 3.8) is 0 Å². The Labute approximate surface area is 97.7 Å². The molecule has 0 fully saturated rings. The fourth-order valence-electron chi connectivity index (χ4n) is 1.44. The molecule has 0 aromatic heterocycles. The maximum absolute atomic E-state index is 11.0. The van der Waals surface area contributed by atoms with Crippen LogP contribution < -0.4 is 9.26 Å². The van der Waals surface area contributed by atoms with E-state index < -0.39 is 6.09 Å². The van der Waals surface area contributed by atoms with Gasteiger partial charge in [-0.2, -0.15) is 0 Å². The van der Waals surface area contributed by atoms with Gasteiger partial charge >= 0.3 is 6.09 Å². The summed E-state index contributed by atoms with van der Waals surface area (Å²) in [7, 11) is 0. The van der Waals surface area contributed by atoms with Crippen LogP contribution >= 0.6 is 22.9 Å². The Balaban J connectivity index is 2.42. The Hall–Kier alpha value is -0.300. The lowest BCUT2D eigenvalue weighted by molar-refractivity contribution is 0.119. The number of hydrogen-bond acceptors (Lipinski definition) is 3. The molecule has 0 bridgehead atoms. The molecule has 80 valence electrons. The van der Waals surface area contributed by atoms with E-state index >= 15 is 0 Å². The van der Waals surface area contributed by atoms with E-state index in [-0.39, 0.29) is 12.1 Å². The molecule has 1 aliphatic carbocycles. The van der Waals surface area contributed by atoms with E-state index in [1.165, 1.54) is 0 Å². The summed E-state index contributed by atoms with van der Waals surface area (Å²) >= 11 is 1.76. The minimum atomic E-state index is -0.394. The first-order chi connectivity index (χ1) is 6.72. The number of nitrogens with one attached hydrogen (secondary N) is 1. The lowest BCUT2D eigenvalue weighted by atomic mass is 10.0. The first kappa shape index (κ1) is 11.8. The van der Waals surface area contributed by atoms with Crippen LogP contribution in [-0.2, 0) is 4.74 Å². The van der Waals surface area contributed by atoms with Gasteiger partial charge in [-0.3, -0.25) is 3.53 Å². The highest BCUT2D eigenvalue weighted by molar-refractivity contribution is 14.1. The molecule has 1 amide bonds. The molecule has 2 atom stereocenters. The van der Waals surface area contributed by atoms with E-state index in [0.717, 1.165) is 25.7 Å². The summed E-state index contributed by atoms with van der Waals surface area (Å²) in [5.74, 6) is 0. The molecule has 0 heterocycles. The Bertz CT molecular complexity index is 221. The standard InChI is InChI=1S/C9H15IN2O2/c10-12-9(13)14-8-4-2-1-3-7(11)5-6-8/h2,4,7-8H,1,3,5-6,11H2,(H,12,13)/b4-2+. The van der Waals surface area contributed by atoms with E-state index in [9.17, 15) is 4.79 Å². The van der Waals surface area contributed by atoms with Gasteiger partial charge < -0.3 is 10.5 Å². The van der Waals surface area contributed by atoms with E-state index in [4.69, 9.17) is 10.5 Å². The predicted molar refractivity (Wildman–Crippen MR) is 63.0 cm³/mol. The van der Waals surface area contributed by atoms with Crippen LogP contribution in [0.25, 0.3) is 0 Å². The molecule has 1 rings (SSSR count). The van der Waals surface area contributed by atoms with Crippen molar-refractivity contribution in [1.82, 2.24) is 3.53 Å². The number of hydrogen-bond donors (Lipinski definition) is 2. The number of allylic oxidation sites excluding steroid dienone is 1. The number of amides is 1. The molecule has 5 heteroatoms. The molecular weight excluding hydrogens is 295 g/mol. The molecule has 14 heavy (non-hydrogen) atoms. The summed E-state index contributed by atoms with van der Waals surface area (Å²) < 4.78 is 7.53. The highest BCUT2D eigenvalue weighted by atomic mass is 127. The molecule has 2 unspecified atom stereocenters. The van der Waals surface area contributed by atoms with Crippen LogP contribution in [-0.4, -0.2) is 18.2 Å². The molecule has 0 aromatic carbocycles. The van der Waals surface area contributed by atoms with Gasteiger partial charge in [-0.05, 0) is 31.8 Å². The lowest BCUT2D eigenvalue weighted by Gasteiger charge is -2.18. The molecule has 0 aromatic rings. The minimum absolute atomic E-state index is 0.129. The average Bonchev–Trinajstić information content (AvgIpc) is 2.16. The summed E-state index contributed by atoms with van der Waals surface area (Å²) in [6.45, 7) is 0. The molecule has 0 saturated heterocycles. The monoisotopic (exact) mass is 310 g/mol. The topological polar surface area (TPSA) is 64.3 Å². The first-order valence-electron chi connectivity index (χ1n) is 4.72. The zero-order valence-corrected chi connectivity index (χ0v) is 10.1. The molecule has 0 aliphatic heterocycles. The van der Waals surface area contributed by atoms with Crippen molar-refractivity contribution in [2.75, 3.05) is 0 Å². The van der Waals surface area contributed by atoms with Gasteiger partial charge in [0.2, 0.25) is 0 Å². The molecule has 3 N–H and O–H groups in total. The van der Waals surface area contributed by atoms with Crippen LogP contribution in [0.5, 0.6) is 0 Å². The largest absolute Gasteiger partial charge is 0.442 e. The molecule has 0 radical (unpaired) electrons. The van der Waals surface area contributed by atoms with Gasteiger partial charge in [0.25, 0.3) is 0 Å². The van der Waals surface area contributed by atoms with Gasteiger partial charge in [-0.25, -0.2) is 4.79 Å². The summed E-state index contributed by atoms with van der Waals surface area (Å²) in [4.78, 5) is 11.0. The first-order valence-corrected chi connectivity index (χ1v) is 5.79. The van der Waals surface area contributed by atoms with Crippen LogP contribution in [0.3, 0.4) is 0 Å². The van der Waals surface area contributed by atoms with Gasteiger partial charge in [-0.1, -0.05) is 6.08 Å². The third kappa shape index (κ3) is 4.28. The number of ether oxygens (including phenoxy) is 1. The Kier molecular flexibility index (Phi) is 5.24. The normalized spacial score (nSPS) is 29.9. The van der Waals surface area contributed by atoms with Crippen molar-refractivity contribution in [3.8, 4) is 0 Å². The number of carbonyl (C=O) groups excluding carboxylic acids is 1. The van der Waals surface area contributed by atoms with Gasteiger partial charge in [0.15, 0.2) is 0 Å². The maximum atomic E-state index is 11.0. The minimum Gasteiger partial charge on any atom is -0.442 e. The Morgan fingerprint density at radius 2 is 2.29 bits per heavy atom. The maximum Gasteiger partial charge on any atom is 0.416 e. The summed E-state index contributed by atoms with van der Waals surface area (Å²) in [6, 6.07) is 0.230. The highest BCUT2D eigenvalue weighted by Gasteiger charge is 2.14. The third-order valence-electron chi connectivity index (χ3n) is 2.21. The number of carbonyl (C=O) groups is 1. The quantitative estimate of drug-likeness (QED) is 0.442. The van der Waals surface area contributed by atoms with E-state index in [1.807, 2.05) is 12.2 Å². The third-order valence-corrected chi connectivity index (χ3v) is 2.65. The predicted octanol–water partition coefficient (Wildman–Crippen LogP) is 1.89. The summed E-state index contributed by atoms with van der Waals surface area (Å²) in [6.07, 6.45) is 7.15. The second-order valence-electron chi connectivity index (χ2n) is 3.38. The fraction of sp³-hybridized carbons (Fsp3) is 0.667. The van der Waals surface area contributed by atoms with Crippen LogP contribution in [0, 0.1) is 0 Å². The van der Waals surface area contributed by atoms with Crippen LogP contribution in [0.2, 0.25) is 0 Å². The van der Waals surface area contributed by atoms with Crippen molar-refractivity contribution in [2.45, 2.75) is 37.8 Å². The number of nitrogens with two attached hydrogens (primary N) is 1. The average molecular weight is 310 g/mol. The molecule has 0 spiro atoms. The SMILES string of the molecule is NC1CC/C=C/C(OC(=O)NI)CC1. The molecular formula is C9H15IN2O2. The zero-order valence-electron chi connectivity index (χ0n) is 7.91. The molecule has 1 aliphatic rings. The Morgan fingerprint density at radius 1 is 1.50 bits per heavy atom. The Morgan fingerprint density at radius 3 is 3.00 bits per heavy atom. The van der Waals surface area contributed by atoms with Crippen molar-refractivity contribution in [3.05, 3.63) is 12.2 Å². The molecule has 4 nitrogen and oxygen atoms in total. The number of halogens is 1. The van der Waals surface area contributed by atoms with E-state index in [0.29, 0.717) is 0 Å². The van der Waals surface area contributed by atoms with Crippen LogP contribution in [0.1, 0.15) is 25.7 Å². The van der Waals surface area contributed by atoms with Crippen LogP contribution in [0.4, 0.5) is 4.79 Å². The summed E-state index contributed by atoms with van der Waals surface area (Å²) in [5.41, 5.74) is 5.84.